The van der Waals surface area contributed by atoms with Crippen molar-refractivity contribution < 1.29 is 14.0 Å². The first-order valence-corrected chi connectivity index (χ1v) is 13.8. The lowest BCUT2D eigenvalue weighted by molar-refractivity contribution is -0.132. The Balaban J connectivity index is 1.07. The van der Waals surface area contributed by atoms with Crippen molar-refractivity contribution in [2.24, 2.45) is 7.05 Å². The number of benzene rings is 2. The number of amides is 3. The van der Waals surface area contributed by atoms with E-state index in [0.29, 0.717) is 36.1 Å². The first-order chi connectivity index (χ1) is 19.4. The van der Waals surface area contributed by atoms with E-state index in [-0.39, 0.29) is 30.3 Å². The van der Waals surface area contributed by atoms with Gasteiger partial charge in [-0.1, -0.05) is 29.8 Å². The number of anilines is 1. The summed E-state index contributed by atoms with van der Waals surface area (Å²) in [6.07, 6.45) is 4.08. The summed E-state index contributed by atoms with van der Waals surface area (Å²) < 4.78 is 7.85. The zero-order chi connectivity index (χ0) is 27.8. The molecule has 6 rings (SSSR count). The van der Waals surface area contributed by atoms with E-state index in [1.54, 1.807) is 12.3 Å². The second-order valence-electron chi connectivity index (χ2n) is 10.3. The summed E-state index contributed by atoms with van der Waals surface area (Å²) in [5.74, 6) is 1.25. The molecule has 2 aromatic heterocycles. The van der Waals surface area contributed by atoms with Gasteiger partial charge in [0.25, 0.3) is 0 Å². The molecular formula is C29H30ClN7O3. The number of imidazole rings is 1. The molecule has 2 aliphatic rings. The Morgan fingerprint density at radius 3 is 2.65 bits per heavy atom. The van der Waals surface area contributed by atoms with E-state index in [4.69, 9.17) is 16.0 Å². The predicted octanol–water partition coefficient (Wildman–Crippen LogP) is 4.72. The van der Waals surface area contributed by atoms with Gasteiger partial charge in [0.2, 0.25) is 17.7 Å². The molecule has 0 unspecified atom stereocenters. The maximum atomic E-state index is 13.1. The lowest BCUT2D eigenvalue weighted by Crippen LogP contribution is -2.50. The van der Waals surface area contributed by atoms with Crippen LogP contribution in [0.25, 0.3) is 22.8 Å². The number of fused-ring (bicyclic) bond motifs is 1. The molecule has 4 aromatic rings. The Kier molecular flexibility index (Phi) is 7.02. The summed E-state index contributed by atoms with van der Waals surface area (Å²) in [6, 6.07) is 13.4. The Hall–Kier alpha value is -4.18. The Labute approximate surface area is 237 Å². The van der Waals surface area contributed by atoms with Gasteiger partial charge in [-0.05, 0) is 56.0 Å². The van der Waals surface area contributed by atoms with Crippen LogP contribution in [0.3, 0.4) is 0 Å². The number of halogens is 1. The number of carbonyl (C=O) groups excluding carboxylic acids is 2. The molecule has 40 heavy (non-hydrogen) atoms. The van der Waals surface area contributed by atoms with Crippen LogP contribution in [0.2, 0.25) is 5.02 Å². The molecule has 1 fully saturated rings. The molecule has 0 spiro atoms. The molecule has 10 nitrogen and oxygen atoms in total. The topological polar surface area (TPSA) is 109 Å². The highest BCUT2D eigenvalue weighted by Gasteiger charge is 2.31. The maximum Gasteiger partial charge on any atom is 0.322 e. The standard InChI is InChI=1S/C29H30ClN7O3/c1-18-17-31-27(35(18)2)20-13-21(15-22(30)14-20)28-34-33-25(40-28)16-26(38)36-10-8-23(9-11-36)37-12-7-19-5-3-4-6-24(19)32-29(37)39/h3-6,13-15,17,23H,7-12,16H2,1-2H3,(H,32,39). The number of nitrogens with one attached hydrogen (secondary N) is 1. The van der Waals surface area contributed by atoms with Crippen molar-refractivity contribution in [3.05, 3.63) is 70.8 Å². The number of rotatable bonds is 5. The van der Waals surface area contributed by atoms with Crippen LogP contribution in [0.5, 0.6) is 0 Å². The number of hydrogen-bond acceptors (Lipinski definition) is 6. The average Bonchev–Trinajstić information content (AvgIpc) is 3.50. The zero-order valence-corrected chi connectivity index (χ0v) is 23.2. The molecule has 0 radical (unpaired) electrons. The van der Waals surface area contributed by atoms with Gasteiger partial charge in [-0.15, -0.1) is 10.2 Å². The zero-order valence-electron chi connectivity index (χ0n) is 22.4. The van der Waals surface area contributed by atoms with Crippen molar-refractivity contribution >= 4 is 29.2 Å². The molecule has 4 heterocycles. The average molecular weight is 560 g/mol. The van der Waals surface area contributed by atoms with Crippen LogP contribution >= 0.6 is 11.6 Å². The van der Waals surface area contributed by atoms with Crippen LogP contribution in [0.1, 0.15) is 30.0 Å². The number of nitrogens with zero attached hydrogens (tertiary/aromatic N) is 6. The number of likely N-dealkylation sites (tertiary alicyclic amines) is 1. The number of urea groups is 1. The van der Waals surface area contributed by atoms with Gasteiger partial charge in [0.05, 0.1) is 0 Å². The minimum absolute atomic E-state index is 0.0170. The van der Waals surface area contributed by atoms with Crippen LogP contribution < -0.4 is 5.32 Å². The molecule has 2 aromatic carbocycles. The third-order valence-corrected chi connectivity index (χ3v) is 8.01. The lowest BCUT2D eigenvalue weighted by Gasteiger charge is -2.37. The van der Waals surface area contributed by atoms with Gasteiger partial charge < -0.3 is 24.1 Å². The van der Waals surface area contributed by atoms with Crippen LogP contribution in [0, 0.1) is 6.92 Å². The van der Waals surface area contributed by atoms with Crippen molar-refractivity contribution in [3.8, 4) is 22.8 Å². The molecule has 0 bridgehead atoms. The third kappa shape index (κ3) is 5.19. The highest BCUT2D eigenvalue weighted by Crippen LogP contribution is 2.30. The summed E-state index contributed by atoms with van der Waals surface area (Å²) in [6.45, 7) is 3.79. The Morgan fingerprint density at radius 2 is 1.88 bits per heavy atom. The Bertz CT molecular complexity index is 1570. The smallest absolute Gasteiger partial charge is 0.322 e. The number of hydrogen-bond donors (Lipinski definition) is 1. The number of piperidine rings is 1. The molecule has 1 saturated heterocycles. The van der Waals surface area contributed by atoms with E-state index in [9.17, 15) is 9.59 Å². The first kappa shape index (κ1) is 26.1. The third-order valence-electron chi connectivity index (χ3n) is 7.79. The van der Waals surface area contributed by atoms with E-state index in [1.165, 1.54) is 0 Å². The van der Waals surface area contributed by atoms with Crippen molar-refractivity contribution in [2.45, 2.75) is 38.6 Å². The maximum absolute atomic E-state index is 13.1. The molecule has 1 N–H and O–H groups in total. The van der Waals surface area contributed by atoms with E-state index in [2.05, 4.69) is 26.6 Å². The summed E-state index contributed by atoms with van der Waals surface area (Å²) >= 11 is 6.40. The van der Waals surface area contributed by atoms with E-state index in [1.807, 2.05) is 58.7 Å². The predicted molar refractivity (Wildman–Crippen MR) is 151 cm³/mol. The second-order valence-corrected chi connectivity index (χ2v) is 10.8. The Morgan fingerprint density at radius 1 is 1.10 bits per heavy atom. The van der Waals surface area contributed by atoms with Crippen LogP contribution in [0.4, 0.5) is 10.5 Å². The quantitative estimate of drug-likeness (QED) is 0.379. The fourth-order valence-corrected chi connectivity index (χ4v) is 5.69. The molecule has 11 heteroatoms. The number of aryl methyl sites for hydroxylation is 1. The van der Waals surface area contributed by atoms with Gasteiger partial charge in [0.15, 0.2) is 0 Å². The minimum atomic E-state index is -0.0738. The molecule has 0 aliphatic carbocycles. The first-order valence-electron chi connectivity index (χ1n) is 13.4. The van der Waals surface area contributed by atoms with E-state index < -0.39 is 0 Å². The highest BCUT2D eigenvalue weighted by molar-refractivity contribution is 6.31. The normalized spacial score (nSPS) is 16.0. The minimum Gasteiger partial charge on any atom is -0.420 e. The van der Waals surface area contributed by atoms with Gasteiger partial charge in [0, 0.05) is 66.5 Å². The summed E-state index contributed by atoms with van der Waals surface area (Å²) in [7, 11) is 1.94. The fraction of sp³-hybridized carbons (Fsp3) is 0.345. The van der Waals surface area contributed by atoms with Crippen molar-refractivity contribution in [1.82, 2.24) is 29.5 Å². The molecule has 2 aliphatic heterocycles. The monoisotopic (exact) mass is 559 g/mol. The number of para-hydroxylation sites is 1. The van der Waals surface area contributed by atoms with Gasteiger partial charge in [0.1, 0.15) is 12.2 Å². The van der Waals surface area contributed by atoms with Gasteiger partial charge in [-0.25, -0.2) is 9.78 Å². The summed E-state index contributed by atoms with van der Waals surface area (Å²) in [4.78, 5) is 34.2. The van der Waals surface area contributed by atoms with Crippen LogP contribution in [-0.2, 0) is 24.7 Å². The molecule has 3 amide bonds. The number of carbonyl (C=O) groups is 2. The number of aromatic nitrogens is 4. The van der Waals surface area contributed by atoms with Crippen molar-refractivity contribution in [1.29, 1.82) is 0 Å². The fourth-order valence-electron chi connectivity index (χ4n) is 5.45. The lowest BCUT2D eigenvalue weighted by atomic mass is 10.0. The van der Waals surface area contributed by atoms with Crippen molar-refractivity contribution in [2.75, 3.05) is 25.0 Å². The molecule has 206 valence electrons. The summed E-state index contributed by atoms with van der Waals surface area (Å²) in [5, 5.41) is 11.9. The van der Waals surface area contributed by atoms with Gasteiger partial charge in [-0.2, -0.15) is 0 Å². The van der Waals surface area contributed by atoms with Gasteiger partial charge >= 0.3 is 6.03 Å². The van der Waals surface area contributed by atoms with Crippen LogP contribution in [0.15, 0.2) is 53.1 Å². The highest BCUT2D eigenvalue weighted by atomic mass is 35.5. The van der Waals surface area contributed by atoms with Crippen LogP contribution in [-0.4, -0.2) is 67.2 Å². The van der Waals surface area contributed by atoms with Gasteiger partial charge in [-0.3, -0.25) is 4.79 Å². The van der Waals surface area contributed by atoms with Crippen molar-refractivity contribution in [3.63, 3.8) is 0 Å². The SMILES string of the molecule is Cc1cnc(-c2cc(Cl)cc(-c3nnc(CC(=O)N4CCC(N5CCc6ccccc6NC5=O)CC4)o3)c2)n1C. The molecule has 0 saturated carbocycles. The molecular weight excluding hydrogens is 530 g/mol. The van der Waals surface area contributed by atoms with E-state index >= 15 is 0 Å². The summed E-state index contributed by atoms with van der Waals surface area (Å²) in [5.41, 5.74) is 4.54. The largest absolute Gasteiger partial charge is 0.420 e. The van der Waals surface area contributed by atoms with E-state index in [0.717, 1.165) is 47.6 Å². The molecule has 0 atom stereocenters. The second kappa shape index (κ2) is 10.8.